The Kier molecular flexibility index (Phi) is 4.99. The molecule has 3 nitrogen and oxygen atoms in total. The van der Waals surface area contributed by atoms with Crippen LogP contribution in [0.3, 0.4) is 0 Å². The molecule has 2 aromatic rings. The maximum Gasteiger partial charge on any atom is 0.258 e. The second-order valence-corrected chi connectivity index (χ2v) is 5.32. The zero-order chi connectivity index (χ0) is 15.2. The van der Waals surface area contributed by atoms with Gasteiger partial charge in [0.2, 0.25) is 0 Å². The Morgan fingerprint density at radius 2 is 1.81 bits per heavy atom. The standard InChI is InChI=1S/C18H21NO2/c1-13-5-4-6-16(10-13)11-19-18(20)12-21-17-8-7-14(2)9-15(17)3/h4-10H,11-12H2,1-3H3,(H,19,20). The van der Waals surface area contributed by atoms with Crippen LogP contribution in [0.25, 0.3) is 0 Å². The number of rotatable bonds is 5. The van der Waals surface area contributed by atoms with Gasteiger partial charge >= 0.3 is 0 Å². The fourth-order valence-electron chi connectivity index (χ4n) is 2.18. The Labute approximate surface area is 126 Å². The molecule has 0 aliphatic heterocycles. The average molecular weight is 283 g/mol. The maximum atomic E-state index is 11.8. The first kappa shape index (κ1) is 15.1. The molecule has 0 saturated carbocycles. The lowest BCUT2D eigenvalue weighted by molar-refractivity contribution is -0.123. The third kappa shape index (κ3) is 4.63. The summed E-state index contributed by atoms with van der Waals surface area (Å²) >= 11 is 0. The van der Waals surface area contributed by atoms with Gasteiger partial charge in [0.25, 0.3) is 5.91 Å². The summed E-state index contributed by atoms with van der Waals surface area (Å²) in [4.78, 5) is 11.8. The van der Waals surface area contributed by atoms with E-state index in [-0.39, 0.29) is 12.5 Å². The zero-order valence-corrected chi connectivity index (χ0v) is 12.8. The zero-order valence-electron chi connectivity index (χ0n) is 12.8. The minimum Gasteiger partial charge on any atom is -0.484 e. The number of nitrogens with one attached hydrogen (secondary N) is 1. The lowest BCUT2D eigenvalue weighted by Gasteiger charge is -2.10. The van der Waals surface area contributed by atoms with E-state index in [1.165, 1.54) is 11.1 Å². The number of amides is 1. The molecule has 0 aromatic heterocycles. The summed E-state index contributed by atoms with van der Waals surface area (Å²) in [5.41, 5.74) is 4.51. The molecule has 2 rings (SSSR count). The number of carbonyl (C=O) groups is 1. The van der Waals surface area contributed by atoms with E-state index < -0.39 is 0 Å². The van der Waals surface area contributed by atoms with Crippen LogP contribution >= 0.6 is 0 Å². The molecule has 0 aliphatic rings. The maximum absolute atomic E-state index is 11.8. The van der Waals surface area contributed by atoms with Gasteiger partial charge in [-0.05, 0) is 38.0 Å². The van der Waals surface area contributed by atoms with E-state index in [9.17, 15) is 4.79 Å². The highest BCUT2D eigenvalue weighted by Gasteiger charge is 2.05. The van der Waals surface area contributed by atoms with Crippen molar-refractivity contribution in [1.82, 2.24) is 5.32 Å². The Hall–Kier alpha value is -2.29. The number of benzene rings is 2. The number of hydrogen-bond acceptors (Lipinski definition) is 2. The van der Waals surface area contributed by atoms with Gasteiger partial charge < -0.3 is 10.1 Å². The highest BCUT2D eigenvalue weighted by atomic mass is 16.5. The summed E-state index contributed by atoms with van der Waals surface area (Å²) in [6.45, 7) is 6.61. The third-order valence-electron chi connectivity index (χ3n) is 3.26. The molecule has 110 valence electrons. The van der Waals surface area contributed by atoms with E-state index >= 15 is 0 Å². The lowest BCUT2D eigenvalue weighted by Crippen LogP contribution is -2.28. The lowest BCUT2D eigenvalue weighted by atomic mass is 10.1. The summed E-state index contributed by atoms with van der Waals surface area (Å²) in [7, 11) is 0. The second kappa shape index (κ2) is 6.93. The van der Waals surface area contributed by atoms with Gasteiger partial charge in [0, 0.05) is 6.54 Å². The number of hydrogen-bond donors (Lipinski definition) is 1. The van der Waals surface area contributed by atoms with Gasteiger partial charge in [0.1, 0.15) is 5.75 Å². The molecule has 1 N–H and O–H groups in total. The second-order valence-electron chi connectivity index (χ2n) is 5.32. The van der Waals surface area contributed by atoms with E-state index in [4.69, 9.17) is 4.74 Å². The number of aryl methyl sites for hydroxylation is 3. The van der Waals surface area contributed by atoms with Crippen LogP contribution in [-0.2, 0) is 11.3 Å². The molecule has 0 bridgehead atoms. The van der Waals surface area contributed by atoms with Crippen molar-refractivity contribution in [2.24, 2.45) is 0 Å². The SMILES string of the molecule is Cc1cccc(CNC(=O)COc2ccc(C)cc2C)c1. The fourth-order valence-corrected chi connectivity index (χ4v) is 2.18. The number of ether oxygens (including phenoxy) is 1. The Bertz CT molecular complexity index is 635. The predicted molar refractivity (Wildman–Crippen MR) is 84.4 cm³/mol. The molecule has 21 heavy (non-hydrogen) atoms. The van der Waals surface area contributed by atoms with Crippen LogP contribution in [0, 0.1) is 20.8 Å². The van der Waals surface area contributed by atoms with Gasteiger partial charge in [-0.15, -0.1) is 0 Å². The Balaban J connectivity index is 1.82. The Morgan fingerprint density at radius 1 is 1.05 bits per heavy atom. The van der Waals surface area contributed by atoms with Gasteiger partial charge in [0.05, 0.1) is 0 Å². The Morgan fingerprint density at radius 3 is 2.52 bits per heavy atom. The monoisotopic (exact) mass is 283 g/mol. The first-order chi connectivity index (χ1) is 10.0. The topological polar surface area (TPSA) is 38.3 Å². The van der Waals surface area contributed by atoms with Gasteiger partial charge in [0.15, 0.2) is 6.61 Å². The first-order valence-electron chi connectivity index (χ1n) is 7.07. The van der Waals surface area contributed by atoms with Crippen molar-refractivity contribution < 1.29 is 9.53 Å². The van der Waals surface area contributed by atoms with Gasteiger partial charge in [-0.1, -0.05) is 47.5 Å². The fraction of sp³-hybridized carbons (Fsp3) is 0.278. The minimum atomic E-state index is -0.114. The van der Waals surface area contributed by atoms with Crippen molar-refractivity contribution in [2.45, 2.75) is 27.3 Å². The normalized spacial score (nSPS) is 10.2. The summed E-state index contributed by atoms with van der Waals surface area (Å²) in [5, 5.41) is 2.86. The van der Waals surface area contributed by atoms with Crippen molar-refractivity contribution in [3.8, 4) is 5.75 Å². The van der Waals surface area contributed by atoms with Crippen molar-refractivity contribution in [1.29, 1.82) is 0 Å². The van der Waals surface area contributed by atoms with Crippen LogP contribution in [0.15, 0.2) is 42.5 Å². The highest BCUT2D eigenvalue weighted by molar-refractivity contribution is 5.77. The first-order valence-corrected chi connectivity index (χ1v) is 7.07. The molecule has 0 radical (unpaired) electrons. The van der Waals surface area contributed by atoms with E-state index in [2.05, 4.69) is 11.4 Å². The molecule has 2 aromatic carbocycles. The van der Waals surface area contributed by atoms with Crippen LogP contribution in [0.5, 0.6) is 5.75 Å². The molecule has 0 fully saturated rings. The summed E-state index contributed by atoms with van der Waals surface area (Å²) < 4.78 is 5.55. The molecule has 0 heterocycles. The molecule has 0 atom stereocenters. The third-order valence-corrected chi connectivity index (χ3v) is 3.26. The molecular formula is C18H21NO2. The molecular weight excluding hydrogens is 262 g/mol. The largest absolute Gasteiger partial charge is 0.484 e. The summed E-state index contributed by atoms with van der Waals surface area (Å²) in [6.07, 6.45) is 0. The van der Waals surface area contributed by atoms with Crippen molar-refractivity contribution in [2.75, 3.05) is 6.61 Å². The minimum absolute atomic E-state index is 0.0374. The molecule has 0 unspecified atom stereocenters. The van der Waals surface area contributed by atoms with E-state index in [0.29, 0.717) is 6.54 Å². The van der Waals surface area contributed by atoms with Crippen LogP contribution in [-0.4, -0.2) is 12.5 Å². The van der Waals surface area contributed by atoms with Crippen LogP contribution in [0.4, 0.5) is 0 Å². The number of carbonyl (C=O) groups excluding carboxylic acids is 1. The van der Waals surface area contributed by atoms with Crippen molar-refractivity contribution in [3.05, 3.63) is 64.7 Å². The van der Waals surface area contributed by atoms with Crippen LogP contribution < -0.4 is 10.1 Å². The molecule has 0 saturated heterocycles. The highest BCUT2D eigenvalue weighted by Crippen LogP contribution is 2.18. The van der Waals surface area contributed by atoms with E-state index in [0.717, 1.165) is 16.9 Å². The van der Waals surface area contributed by atoms with Crippen molar-refractivity contribution >= 4 is 5.91 Å². The van der Waals surface area contributed by atoms with Crippen LogP contribution in [0.1, 0.15) is 22.3 Å². The summed E-state index contributed by atoms with van der Waals surface area (Å²) in [5.74, 6) is 0.641. The van der Waals surface area contributed by atoms with Crippen LogP contribution in [0.2, 0.25) is 0 Å². The van der Waals surface area contributed by atoms with E-state index in [1.807, 2.05) is 57.2 Å². The van der Waals surface area contributed by atoms with Crippen molar-refractivity contribution in [3.63, 3.8) is 0 Å². The smallest absolute Gasteiger partial charge is 0.258 e. The van der Waals surface area contributed by atoms with E-state index in [1.54, 1.807) is 0 Å². The predicted octanol–water partition coefficient (Wildman–Crippen LogP) is 3.31. The van der Waals surface area contributed by atoms with Gasteiger partial charge in [-0.3, -0.25) is 4.79 Å². The quantitative estimate of drug-likeness (QED) is 0.914. The molecule has 0 spiro atoms. The van der Waals surface area contributed by atoms with Gasteiger partial charge in [-0.2, -0.15) is 0 Å². The molecule has 1 amide bonds. The average Bonchev–Trinajstić information content (AvgIpc) is 2.44. The summed E-state index contributed by atoms with van der Waals surface area (Å²) in [6, 6.07) is 14.0. The molecule has 3 heteroatoms. The van der Waals surface area contributed by atoms with Gasteiger partial charge in [-0.25, -0.2) is 0 Å². The molecule has 0 aliphatic carbocycles.